The van der Waals surface area contributed by atoms with Gasteiger partial charge in [0.25, 0.3) is 0 Å². The molecule has 1 unspecified atom stereocenters. The highest BCUT2D eigenvalue weighted by Gasteiger charge is 2.23. The van der Waals surface area contributed by atoms with Gasteiger partial charge in [-0.15, -0.1) is 0 Å². The van der Waals surface area contributed by atoms with Crippen molar-refractivity contribution in [2.75, 3.05) is 24.6 Å². The lowest BCUT2D eigenvalue weighted by atomic mass is 10.00. The Kier molecular flexibility index (Phi) is 5.00. The Bertz CT molecular complexity index is 460. The van der Waals surface area contributed by atoms with Gasteiger partial charge in [0.15, 0.2) is 0 Å². The molecule has 112 valence electrons. The van der Waals surface area contributed by atoms with Crippen molar-refractivity contribution in [1.82, 2.24) is 0 Å². The number of aryl methyl sites for hydroxylation is 1. The minimum Gasteiger partial charge on any atom is -0.377 e. The van der Waals surface area contributed by atoms with Crippen LogP contribution in [0.25, 0.3) is 0 Å². The number of nitrogens with zero attached hydrogens (tertiary/aromatic N) is 1. The van der Waals surface area contributed by atoms with Crippen LogP contribution in [0.1, 0.15) is 43.9 Å². The van der Waals surface area contributed by atoms with Gasteiger partial charge in [-0.3, -0.25) is 0 Å². The van der Waals surface area contributed by atoms with E-state index in [-0.39, 0.29) is 18.0 Å². The van der Waals surface area contributed by atoms with Gasteiger partial charge in [0.1, 0.15) is 5.82 Å². The monoisotopic (exact) mass is 280 g/mol. The Morgan fingerprint density at radius 3 is 2.90 bits per heavy atom. The van der Waals surface area contributed by atoms with E-state index >= 15 is 0 Å². The fourth-order valence-corrected chi connectivity index (χ4v) is 2.85. The van der Waals surface area contributed by atoms with Crippen molar-refractivity contribution >= 4 is 5.69 Å². The quantitative estimate of drug-likeness (QED) is 0.920. The molecule has 1 aliphatic rings. The van der Waals surface area contributed by atoms with Crippen LogP contribution in [0, 0.1) is 12.7 Å². The van der Waals surface area contributed by atoms with Gasteiger partial charge in [0.2, 0.25) is 0 Å². The molecule has 0 aromatic heterocycles. The SMILES string of the molecule is CCOC1CCCN(c2cc(C)c(F)cc2[C@@H](C)N)C1. The molecule has 0 radical (unpaired) electrons. The van der Waals surface area contributed by atoms with Crippen LogP contribution < -0.4 is 10.6 Å². The van der Waals surface area contributed by atoms with Crippen LogP contribution in [0.3, 0.4) is 0 Å². The summed E-state index contributed by atoms with van der Waals surface area (Å²) >= 11 is 0. The molecule has 20 heavy (non-hydrogen) atoms. The minimum absolute atomic E-state index is 0.174. The van der Waals surface area contributed by atoms with E-state index in [1.807, 2.05) is 19.9 Å². The van der Waals surface area contributed by atoms with Gasteiger partial charge in [-0.1, -0.05) is 0 Å². The normalized spacial score (nSPS) is 21.1. The number of nitrogens with two attached hydrogens (primary N) is 1. The zero-order valence-corrected chi connectivity index (χ0v) is 12.7. The van der Waals surface area contributed by atoms with E-state index in [1.54, 1.807) is 13.0 Å². The molecule has 2 atom stereocenters. The number of hydrogen-bond donors (Lipinski definition) is 1. The van der Waals surface area contributed by atoms with Crippen molar-refractivity contribution in [3.8, 4) is 0 Å². The molecule has 1 heterocycles. The van der Waals surface area contributed by atoms with Crippen LogP contribution >= 0.6 is 0 Å². The van der Waals surface area contributed by atoms with Gasteiger partial charge in [0.05, 0.1) is 6.10 Å². The molecule has 1 aromatic rings. The Morgan fingerprint density at radius 2 is 2.25 bits per heavy atom. The second-order valence-corrected chi connectivity index (χ2v) is 5.61. The summed E-state index contributed by atoms with van der Waals surface area (Å²) in [4.78, 5) is 2.29. The number of hydrogen-bond acceptors (Lipinski definition) is 3. The fourth-order valence-electron chi connectivity index (χ4n) is 2.85. The summed E-state index contributed by atoms with van der Waals surface area (Å²) in [6.45, 7) is 8.30. The predicted octanol–water partition coefficient (Wildman–Crippen LogP) is 3.16. The lowest BCUT2D eigenvalue weighted by molar-refractivity contribution is 0.0526. The van der Waals surface area contributed by atoms with Gasteiger partial charge in [-0.05, 0) is 56.9 Å². The molecule has 0 spiro atoms. The highest BCUT2D eigenvalue weighted by Crippen LogP contribution is 2.30. The van der Waals surface area contributed by atoms with Crippen molar-refractivity contribution < 1.29 is 9.13 Å². The lowest BCUT2D eigenvalue weighted by Gasteiger charge is -2.36. The van der Waals surface area contributed by atoms with E-state index in [9.17, 15) is 4.39 Å². The summed E-state index contributed by atoms with van der Waals surface area (Å²) < 4.78 is 19.5. The molecular formula is C16H25FN2O. The molecule has 0 saturated carbocycles. The number of rotatable bonds is 4. The molecule has 2 N–H and O–H groups in total. The maximum atomic E-state index is 13.8. The second-order valence-electron chi connectivity index (χ2n) is 5.61. The van der Waals surface area contributed by atoms with Crippen LogP contribution in [-0.4, -0.2) is 25.8 Å². The van der Waals surface area contributed by atoms with Crippen molar-refractivity contribution in [3.63, 3.8) is 0 Å². The van der Waals surface area contributed by atoms with Gasteiger partial charge in [-0.25, -0.2) is 4.39 Å². The third-order valence-corrected chi connectivity index (χ3v) is 3.92. The molecule has 1 aromatic carbocycles. The summed E-state index contributed by atoms with van der Waals surface area (Å²) in [5.41, 5.74) is 8.62. The Labute approximate surface area is 120 Å². The molecule has 1 saturated heterocycles. The number of halogens is 1. The minimum atomic E-state index is -0.181. The highest BCUT2D eigenvalue weighted by atomic mass is 19.1. The summed E-state index contributed by atoms with van der Waals surface area (Å²) in [5.74, 6) is -0.181. The first-order valence-electron chi connectivity index (χ1n) is 7.45. The van der Waals surface area contributed by atoms with Crippen molar-refractivity contribution in [3.05, 3.63) is 29.1 Å². The third-order valence-electron chi connectivity index (χ3n) is 3.92. The van der Waals surface area contributed by atoms with E-state index in [0.717, 1.165) is 43.8 Å². The summed E-state index contributed by atoms with van der Waals surface area (Å²) in [6, 6.07) is 3.33. The standard InChI is InChI=1S/C16H25FN2O/c1-4-20-13-6-5-7-19(10-13)16-8-11(2)15(17)9-14(16)12(3)18/h8-9,12-13H,4-7,10,18H2,1-3H3/t12-,13?/m1/s1. The van der Waals surface area contributed by atoms with Crippen LogP contribution in [0.4, 0.5) is 10.1 Å². The largest absolute Gasteiger partial charge is 0.377 e. The summed E-state index contributed by atoms with van der Waals surface area (Å²) in [5, 5.41) is 0. The van der Waals surface area contributed by atoms with Crippen LogP contribution in [0.2, 0.25) is 0 Å². The maximum absolute atomic E-state index is 13.8. The molecule has 2 rings (SSSR count). The molecule has 0 bridgehead atoms. The lowest BCUT2D eigenvalue weighted by Crippen LogP contribution is -2.40. The average Bonchev–Trinajstić information content (AvgIpc) is 2.42. The third kappa shape index (κ3) is 3.30. The number of piperidine rings is 1. The van der Waals surface area contributed by atoms with Crippen molar-refractivity contribution in [2.45, 2.75) is 45.8 Å². The first-order chi connectivity index (χ1) is 9.52. The van der Waals surface area contributed by atoms with Crippen LogP contribution in [0.15, 0.2) is 12.1 Å². The summed E-state index contributed by atoms with van der Waals surface area (Å²) in [7, 11) is 0. The van der Waals surface area contributed by atoms with Gasteiger partial charge < -0.3 is 15.4 Å². The first kappa shape index (κ1) is 15.3. The van der Waals surface area contributed by atoms with Crippen molar-refractivity contribution in [1.29, 1.82) is 0 Å². The zero-order chi connectivity index (χ0) is 14.7. The molecule has 4 heteroatoms. The van der Waals surface area contributed by atoms with E-state index in [4.69, 9.17) is 10.5 Å². The first-order valence-corrected chi connectivity index (χ1v) is 7.45. The Balaban J connectivity index is 2.28. The van der Waals surface area contributed by atoms with Crippen LogP contribution in [0.5, 0.6) is 0 Å². The van der Waals surface area contributed by atoms with Crippen LogP contribution in [-0.2, 0) is 4.74 Å². The molecule has 1 aliphatic heterocycles. The van der Waals surface area contributed by atoms with E-state index in [1.165, 1.54) is 0 Å². The smallest absolute Gasteiger partial charge is 0.126 e. The summed E-state index contributed by atoms with van der Waals surface area (Å²) in [6.07, 6.45) is 2.46. The molecule has 3 nitrogen and oxygen atoms in total. The second kappa shape index (κ2) is 6.55. The predicted molar refractivity (Wildman–Crippen MR) is 80.6 cm³/mol. The Hall–Kier alpha value is -1.13. The van der Waals surface area contributed by atoms with E-state index in [0.29, 0.717) is 5.56 Å². The molecule has 0 aliphatic carbocycles. The van der Waals surface area contributed by atoms with Crippen molar-refractivity contribution in [2.24, 2.45) is 5.73 Å². The average molecular weight is 280 g/mol. The topological polar surface area (TPSA) is 38.5 Å². The maximum Gasteiger partial charge on any atom is 0.126 e. The number of benzene rings is 1. The van der Waals surface area contributed by atoms with E-state index < -0.39 is 0 Å². The molecular weight excluding hydrogens is 255 g/mol. The number of anilines is 1. The molecule has 0 amide bonds. The number of ether oxygens (including phenoxy) is 1. The Morgan fingerprint density at radius 1 is 1.50 bits per heavy atom. The van der Waals surface area contributed by atoms with Gasteiger partial charge >= 0.3 is 0 Å². The molecule has 1 fully saturated rings. The fraction of sp³-hybridized carbons (Fsp3) is 0.625. The van der Waals surface area contributed by atoms with Gasteiger partial charge in [0, 0.05) is 31.4 Å². The highest BCUT2D eigenvalue weighted by molar-refractivity contribution is 5.57. The van der Waals surface area contributed by atoms with E-state index in [2.05, 4.69) is 4.90 Å². The van der Waals surface area contributed by atoms with Gasteiger partial charge in [-0.2, -0.15) is 0 Å². The zero-order valence-electron chi connectivity index (χ0n) is 12.7.